The van der Waals surface area contributed by atoms with Crippen LogP contribution in [-0.4, -0.2) is 49.8 Å². The van der Waals surface area contributed by atoms with Crippen molar-refractivity contribution in [3.63, 3.8) is 0 Å². The van der Waals surface area contributed by atoms with Gasteiger partial charge in [-0.1, -0.05) is 0 Å². The van der Waals surface area contributed by atoms with E-state index in [9.17, 15) is 5.11 Å². The lowest BCUT2D eigenvalue weighted by molar-refractivity contribution is -0.0168. The predicted molar refractivity (Wildman–Crippen MR) is 36.3 cm³/mol. The van der Waals surface area contributed by atoms with Crippen molar-refractivity contribution in [2.75, 3.05) is 20.3 Å². The molecule has 2 fully saturated rings. The Labute approximate surface area is 65.1 Å². The molecule has 4 nitrogen and oxygen atoms in total. The van der Waals surface area contributed by atoms with Crippen LogP contribution in [0.3, 0.4) is 0 Å². The van der Waals surface area contributed by atoms with E-state index >= 15 is 0 Å². The van der Waals surface area contributed by atoms with Crippen LogP contribution in [0.5, 0.6) is 0 Å². The fourth-order valence-corrected chi connectivity index (χ4v) is 1.65. The highest BCUT2D eigenvalue weighted by atomic mass is 16.6. The second-order valence-electron chi connectivity index (χ2n) is 2.94. The van der Waals surface area contributed by atoms with E-state index in [0.717, 1.165) is 0 Å². The van der Waals surface area contributed by atoms with E-state index in [-0.39, 0.29) is 18.3 Å². The molecular weight excluding hydrogens is 148 g/mol. The van der Waals surface area contributed by atoms with Gasteiger partial charge in [0.25, 0.3) is 0 Å². The second-order valence-corrected chi connectivity index (χ2v) is 2.94. The molecule has 64 valence electrons. The minimum atomic E-state index is -0.472. The van der Waals surface area contributed by atoms with Crippen molar-refractivity contribution in [3.05, 3.63) is 0 Å². The van der Waals surface area contributed by atoms with Crippen LogP contribution in [0.2, 0.25) is 0 Å². The number of fused-ring (bicyclic) bond motifs is 1. The monoisotopic (exact) mass is 160 g/mol. The van der Waals surface area contributed by atoms with Crippen LogP contribution in [0.25, 0.3) is 0 Å². The molecule has 0 amide bonds. The molecule has 0 radical (unpaired) electrons. The molecular formula is C7H12O4. The number of hydrogen-bond acceptors (Lipinski definition) is 4. The summed E-state index contributed by atoms with van der Waals surface area (Å²) in [6.07, 6.45) is -0.702. The number of hydrogen-bond donors (Lipinski definition) is 1. The lowest BCUT2D eigenvalue weighted by atomic mass is 10.1. The molecule has 2 aliphatic heterocycles. The van der Waals surface area contributed by atoms with E-state index in [1.807, 2.05) is 0 Å². The summed E-state index contributed by atoms with van der Waals surface area (Å²) in [5.41, 5.74) is 0. The third-order valence-corrected chi connectivity index (χ3v) is 2.28. The molecule has 2 aliphatic rings. The summed E-state index contributed by atoms with van der Waals surface area (Å²) in [6, 6.07) is 0. The summed E-state index contributed by atoms with van der Waals surface area (Å²) in [7, 11) is 1.63. The zero-order chi connectivity index (χ0) is 7.84. The normalized spacial score (nSPS) is 49.6. The Morgan fingerprint density at radius 3 is 2.73 bits per heavy atom. The van der Waals surface area contributed by atoms with Crippen molar-refractivity contribution in [3.8, 4) is 0 Å². The van der Waals surface area contributed by atoms with Crippen LogP contribution in [0.1, 0.15) is 0 Å². The third-order valence-electron chi connectivity index (χ3n) is 2.28. The van der Waals surface area contributed by atoms with Crippen LogP contribution in [0.15, 0.2) is 0 Å². The Morgan fingerprint density at radius 2 is 2.00 bits per heavy atom. The van der Waals surface area contributed by atoms with Crippen molar-refractivity contribution in [2.45, 2.75) is 24.4 Å². The Balaban J connectivity index is 2.04. The Kier molecular flexibility index (Phi) is 1.85. The average molecular weight is 160 g/mol. The standard InChI is InChI=1S/C7H12O4/c1-9-5-3-11-6-4(8)2-10-7(5)6/h4-8H,2-3H2,1H3/t4-,5-,6-,7-/m1/s1. The molecule has 1 N–H and O–H groups in total. The largest absolute Gasteiger partial charge is 0.388 e. The molecule has 2 rings (SSSR count). The summed E-state index contributed by atoms with van der Waals surface area (Å²) in [6.45, 7) is 0.901. The van der Waals surface area contributed by atoms with Gasteiger partial charge in [0, 0.05) is 7.11 Å². The van der Waals surface area contributed by atoms with Crippen molar-refractivity contribution >= 4 is 0 Å². The van der Waals surface area contributed by atoms with Crippen LogP contribution in [-0.2, 0) is 14.2 Å². The van der Waals surface area contributed by atoms with Gasteiger partial charge in [-0.25, -0.2) is 0 Å². The summed E-state index contributed by atoms with van der Waals surface area (Å²) in [5.74, 6) is 0. The molecule has 4 atom stereocenters. The van der Waals surface area contributed by atoms with Crippen molar-refractivity contribution < 1.29 is 19.3 Å². The van der Waals surface area contributed by atoms with Gasteiger partial charge in [0.2, 0.25) is 0 Å². The molecule has 0 saturated carbocycles. The van der Waals surface area contributed by atoms with Gasteiger partial charge in [-0.15, -0.1) is 0 Å². The number of methoxy groups -OCH3 is 1. The molecule has 2 saturated heterocycles. The zero-order valence-electron chi connectivity index (χ0n) is 6.40. The van der Waals surface area contributed by atoms with E-state index in [0.29, 0.717) is 13.2 Å². The summed E-state index contributed by atoms with van der Waals surface area (Å²) >= 11 is 0. The number of ether oxygens (including phenoxy) is 3. The fourth-order valence-electron chi connectivity index (χ4n) is 1.65. The predicted octanol–water partition coefficient (Wildman–Crippen LogP) is -0.840. The van der Waals surface area contributed by atoms with E-state index in [4.69, 9.17) is 14.2 Å². The molecule has 0 aromatic heterocycles. The SMILES string of the molecule is CO[C@@H]1CO[C@H]2[C@@H]1OC[C@H]2O. The van der Waals surface area contributed by atoms with Gasteiger partial charge in [-0.05, 0) is 0 Å². The molecule has 0 unspecified atom stereocenters. The highest BCUT2D eigenvalue weighted by Crippen LogP contribution is 2.28. The molecule has 4 heteroatoms. The molecule has 0 spiro atoms. The van der Waals surface area contributed by atoms with Gasteiger partial charge in [-0.2, -0.15) is 0 Å². The molecule has 0 bridgehead atoms. The summed E-state index contributed by atoms with van der Waals surface area (Å²) in [5, 5.41) is 9.31. The lowest BCUT2D eigenvalue weighted by Crippen LogP contribution is -2.32. The highest BCUT2D eigenvalue weighted by molar-refractivity contribution is 4.94. The highest BCUT2D eigenvalue weighted by Gasteiger charge is 2.47. The quantitative estimate of drug-likeness (QED) is 0.543. The van der Waals surface area contributed by atoms with E-state index in [2.05, 4.69) is 0 Å². The van der Waals surface area contributed by atoms with Gasteiger partial charge >= 0.3 is 0 Å². The molecule has 2 heterocycles. The van der Waals surface area contributed by atoms with Gasteiger partial charge in [0.1, 0.15) is 24.4 Å². The average Bonchev–Trinajstić information content (AvgIpc) is 2.53. The Morgan fingerprint density at radius 1 is 1.27 bits per heavy atom. The van der Waals surface area contributed by atoms with Gasteiger partial charge < -0.3 is 19.3 Å². The first kappa shape index (κ1) is 7.49. The zero-order valence-corrected chi connectivity index (χ0v) is 6.40. The maximum Gasteiger partial charge on any atom is 0.115 e. The van der Waals surface area contributed by atoms with Crippen LogP contribution in [0.4, 0.5) is 0 Å². The van der Waals surface area contributed by atoms with Crippen molar-refractivity contribution in [1.29, 1.82) is 0 Å². The Bertz CT molecular complexity index is 149. The van der Waals surface area contributed by atoms with E-state index < -0.39 is 6.10 Å². The lowest BCUT2D eigenvalue weighted by Gasteiger charge is -2.12. The topological polar surface area (TPSA) is 47.9 Å². The first-order chi connectivity index (χ1) is 5.33. The maximum atomic E-state index is 9.31. The maximum absolute atomic E-state index is 9.31. The van der Waals surface area contributed by atoms with Crippen LogP contribution < -0.4 is 0 Å². The van der Waals surface area contributed by atoms with Gasteiger partial charge in [-0.3, -0.25) is 0 Å². The molecule has 11 heavy (non-hydrogen) atoms. The Hall–Kier alpha value is -0.160. The second kappa shape index (κ2) is 2.71. The van der Waals surface area contributed by atoms with Crippen LogP contribution >= 0.6 is 0 Å². The third kappa shape index (κ3) is 1.06. The molecule has 0 aromatic rings. The van der Waals surface area contributed by atoms with Crippen molar-refractivity contribution in [1.82, 2.24) is 0 Å². The van der Waals surface area contributed by atoms with Gasteiger partial charge in [0.05, 0.1) is 13.2 Å². The fraction of sp³-hybridized carbons (Fsp3) is 1.00. The van der Waals surface area contributed by atoms with Gasteiger partial charge in [0.15, 0.2) is 0 Å². The first-order valence-corrected chi connectivity index (χ1v) is 3.77. The van der Waals surface area contributed by atoms with E-state index in [1.54, 1.807) is 7.11 Å². The molecule has 0 aliphatic carbocycles. The minimum Gasteiger partial charge on any atom is -0.388 e. The van der Waals surface area contributed by atoms with Crippen LogP contribution in [0, 0.1) is 0 Å². The van der Waals surface area contributed by atoms with E-state index in [1.165, 1.54) is 0 Å². The summed E-state index contributed by atoms with van der Waals surface area (Å²) in [4.78, 5) is 0. The smallest absolute Gasteiger partial charge is 0.115 e. The minimum absolute atomic E-state index is 0.00264. The summed E-state index contributed by atoms with van der Waals surface area (Å²) < 4.78 is 15.7. The van der Waals surface area contributed by atoms with Crippen molar-refractivity contribution in [2.24, 2.45) is 0 Å². The number of aliphatic hydroxyl groups excluding tert-OH is 1. The first-order valence-electron chi connectivity index (χ1n) is 3.77. The number of rotatable bonds is 1. The molecule has 0 aromatic carbocycles. The number of aliphatic hydroxyl groups is 1.